The molecule has 1 aliphatic rings. The first-order chi connectivity index (χ1) is 25.8. The second-order valence-corrected chi connectivity index (χ2v) is 14.0. The molecule has 0 saturated carbocycles. The molecular formula is C49H29N3. The number of benzene rings is 8. The monoisotopic (exact) mass is 659 g/mol. The summed E-state index contributed by atoms with van der Waals surface area (Å²) < 4.78 is 4.77. The van der Waals surface area contributed by atoms with Gasteiger partial charge in [-0.05, 0) is 87.1 Å². The van der Waals surface area contributed by atoms with Crippen molar-refractivity contribution in [1.82, 2.24) is 14.1 Å². The lowest BCUT2D eigenvalue weighted by atomic mass is 10.0. The summed E-state index contributed by atoms with van der Waals surface area (Å²) in [5.41, 5.74) is 13.4. The van der Waals surface area contributed by atoms with Crippen LogP contribution in [-0.2, 0) is 0 Å². The zero-order chi connectivity index (χ0) is 33.9. The molecule has 0 aliphatic heterocycles. The minimum absolute atomic E-state index is 0.968. The van der Waals surface area contributed by atoms with Gasteiger partial charge in [0.15, 0.2) is 0 Å². The normalized spacial score (nSPS) is 12.2. The van der Waals surface area contributed by atoms with Crippen LogP contribution in [0, 0.1) is 0 Å². The molecule has 240 valence electrons. The number of para-hydroxylation sites is 2. The molecule has 0 N–H and O–H groups in total. The zero-order valence-corrected chi connectivity index (χ0v) is 28.1. The number of pyridine rings is 1. The minimum Gasteiger partial charge on any atom is -0.309 e. The van der Waals surface area contributed by atoms with Gasteiger partial charge < -0.3 is 4.57 Å². The fraction of sp³-hybridized carbons (Fsp3) is 0. The van der Waals surface area contributed by atoms with E-state index in [1.54, 1.807) is 0 Å². The van der Waals surface area contributed by atoms with E-state index in [-0.39, 0.29) is 0 Å². The lowest BCUT2D eigenvalue weighted by Crippen LogP contribution is -1.99. The quantitative estimate of drug-likeness (QED) is 0.185. The number of nitrogens with zero attached hydrogens (tertiary/aromatic N) is 3. The molecule has 0 bridgehead atoms. The second-order valence-electron chi connectivity index (χ2n) is 14.0. The molecule has 0 saturated heterocycles. The van der Waals surface area contributed by atoms with Gasteiger partial charge in [0.2, 0.25) is 0 Å². The molecule has 0 unspecified atom stereocenters. The maximum atomic E-state index is 5.20. The summed E-state index contributed by atoms with van der Waals surface area (Å²) in [6, 6.07) is 62.1. The maximum Gasteiger partial charge on any atom is 0.145 e. The van der Waals surface area contributed by atoms with Gasteiger partial charge in [0, 0.05) is 49.8 Å². The van der Waals surface area contributed by atoms with Gasteiger partial charge in [0.25, 0.3) is 0 Å². The lowest BCUT2D eigenvalue weighted by molar-refractivity contribution is 1.10. The highest BCUT2D eigenvalue weighted by Crippen LogP contribution is 2.48. The molecule has 0 spiro atoms. The second kappa shape index (κ2) is 10.3. The third-order valence-corrected chi connectivity index (χ3v) is 11.3. The molecule has 1 aliphatic carbocycles. The van der Waals surface area contributed by atoms with Crippen molar-refractivity contribution in [3.8, 4) is 44.9 Å². The molecule has 0 fully saturated rings. The number of aromatic nitrogens is 3. The van der Waals surface area contributed by atoms with Crippen LogP contribution in [0.4, 0.5) is 0 Å². The van der Waals surface area contributed by atoms with Gasteiger partial charge in [-0.2, -0.15) is 0 Å². The molecular weight excluding hydrogens is 631 g/mol. The van der Waals surface area contributed by atoms with Crippen LogP contribution in [0.5, 0.6) is 0 Å². The third kappa shape index (κ3) is 3.72. The molecule has 12 rings (SSSR count). The Morgan fingerprint density at radius 3 is 1.65 bits per heavy atom. The van der Waals surface area contributed by atoms with Crippen LogP contribution in [0.2, 0.25) is 0 Å². The summed E-state index contributed by atoms with van der Waals surface area (Å²) >= 11 is 0. The van der Waals surface area contributed by atoms with Crippen LogP contribution in [-0.4, -0.2) is 14.1 Å². The molecule has 3 nitrogen and oxygen atoms in total. The van der Waals surface area contributed by atoms with Crippen LogP contribution >= 0.6 is 0 Å². The molecule has 3 heteroatoms. The molecule has 8 aromatic carbocycles. The fourth-order valence-corrected chi connectivity index (χ4v) is 8.98. The summed E-state index contributed by atoms with van der Waals surface area (Å²) in [5, 5.41) is 9.90. The van der Waals surface area contributed by atoms with Gasteiger partial charge in [0.1, 0.15) is 5.82 Å². The lowest BCUT2D eigenvalue weighted by Gasteiger charge is -2.12. The Labute approximate surface area is 299 Å². The predicted molar refractivity (Wildman–Crippen MR) is 218 cm³/mol. The van der Waals surface area contributed by atoms with Crippen molar-refractivity contribution in [2.75, 3.05) is 0 Å². The van der Waals surface area contributed by atoms with Crippen molar-refractivity contribution in [3.05, 3.63) is 176 Å². The summed E-state index contributed by atoms with van der Waals surface area (Å²) in [6.45, 7) is 0. The van der Waals surface area contributed by atoms with Crippen molar-refractivity contribution in [2.24, 2.45) is 0 Å². The van der Waals surface area contributed by atoms with Crippen molar-refractivity contribution >= 4 is 65.2 Å². The molecule has 0 amide bonds. The molecule has 3 heterocycles. The van der Waals surface area contributed by atoms with E-state index in [1.807, 2.05) is 0 Å². The van der Waals surface area contributed by atoms with Gasteiger partial charge >= 0.3 is 0 Å². The first-order valence-electron chi connectivity index (χ1n) is 17.9. The van der Waals surface area contributed by atoms with E-state index in [9.17, 15) is 0 Å². The average Bonchev–Trinajstić information content (AvgIpc) is 3.84. The van der Waals surface area contributed by atoms with E-state index < -0.39 is 0 Å². The molecule has 0 atom stereocenters. The van der Waals surface area contributed by atoms with Crippen LogP contribution in [0.15, 0.2) is 176 Å². The number of hydrogen-bond donors (Lipinski definition) is 0. The van der Waals surface area contributed by atoms with Crippen molar-refractivity contribution < 1.29 is 0 Å². The molecule has 11 aromatic rings. The molecule has 0 radical (unpaired) electrons. The Hall–Kier alpha value is -6.97. The van der Waals surface area contributed by atoms with E-state index in [0.29, 0.717) is 0 Å². The fourth-order valence-electron chi connectivity index (χ4n) is 8.98. The third-order valence-electron chi connectivity index (χ3n) is 11.3. The standard InChI is InChI=1S/C49H29N3/c1-2-11-31-26-34(23-20-30(31)10-1)51-44-18-7-5-14-37(44)41-27-32(21-24-46(41)51)33-22-25-47-42(28-33)38-15-6-8-19-45(38)52(47)49-40-17-9-16-39-35-12-3-4-13-36(35)43(29-50-49)48(39)40/h1-29H. The number of rotatable bonds is 3. The van der Waals surface area contributed by atoms with Crippen molar-refractivity contribution in [3.63, 3.8) is 0 Å². The number of fused-ring (bicyclic) bond motifs is 10. The van der Waals surface area contributed by atoms with Gasteiger partial charge in [-0.25, -0.2) is 4.98 Å². The highest BCUT2D eigenvalue weighted by atomic mass is 15.1. The van der Waals surface area contributed by atoms with E-state index in [2.05, 4.69) is 185 Å². The van der Waals surface area contributed by atoms with Crippen molar-refractivity contribution in [2.45, 2.75) is 0 Å². The molecule has 52 heavy (non-hydrogen) atoms. The Morgan fingerprint density at radius 2 is 0.904 bits per heavy atom. The zero-order valence-electron chi connectivity index (χ0n) is 28.1. The predicted octanol–water partition coefficient (Wildman–Crippen LogP) is 12.9. The highest BCUT2D eigenvalue weighted by molar-refractivity contribution is 6.18. The topological polar surface area (TPSA) is 22.8 Å². The van der Waals surface area contributed by atoms with E-state index >= 15 is 0 Å². The Balaban J connectivity index is 1.05. The minimum atomic E-state index is 0.968. The van der Waals surface area contributed by atoms with E-state index in [0.717, 1.165) is 16.9 Å². The summed E-state index contributed by atoms with van der Waals surface area (Å²) in [6.07, 6.45) is 2.07. The first kappa shape index (κ1) is 27.8. The summed E-state index contributed by atoms with van der Waals surface area (Å²) in [7, 11) is 0. The number of hydrogen-bond acceptors (Lipinski definition) is 1. The van der Waals surface area contributed by atoms with Gasteiger partial charge in [0.05, 0.1) is 22.1 Å². The van der Waals surface area contributed by atoms with Crippen LogP contribution in [0.25, 0.3) is 110 Å². The van der Waals surface area contributed by atoms with Gasteiger partial charge in [-0.15, -0.1) is 0 Å². The van der Waals surface area contributed by atoms with Gasteiger partial charge in [-0.1, -0.05) is 121 Å². The Bertz CT molecular complexity index is 3280. The average molecular weight is 660 g/mol. The largest absolute Gasteiger partial charge is 0.309 e. The first-order valence-corrected chi connectivity index (χ1v) is 17.9. The van der Waals surface area contributed by atoms with Crippen LogP contribution in [0.1, 0.15) is 0 Å². The van der Waals surface area contributed by atoms with Crippen LogP contribution < -0.4 is 0 Å². The smallest absolute Gasteiger partial charge is 0.145 e. The maximum absolute atomic E-state index is 5.20. The summed E-state index contributed by atoms with van der Waals surface area (Å²) in [4.78, 5) is 5.20. The Morgan fingerprint density at radius 1 is 0.346 bits per heavy atom. The van der Waals surface area contributed by atoms with Crippen LogP contribution in [0.3, 0.4) is 0 Å². The molecule has 3 aromatic heterocycles. The SMILES string of the molecule is c1ccc2c(c1)-c1cccc3c(-n4c5ccccc5c5cc(-c6ccc7c(c6)c6ccccc6n7-c6ccc7ccccc7c6)ccc54)ncc-2c13. The van der Waals surface area contributed by atoms with E-state index in [1.165, 1.54) is 93.2 Å². The Kier molecular flexibility index (Phi) is 5.50. The van der Waals surface area contributed by atoms with Gasteiger partial charge in [-0.3, -0.25) is 4.57 Å². The summed E-state index contributed by atoms with van der Waals surface area (Å²) in [5.74, 6) is 0.968. The highest BCUT2D eigenvalue weighted by Gasteiger charge is 2.24. The van der Waals surface area contributed by atoms with E-state index in [4.69, 9.17) is 4.98 Å². The van der Waals surface area contributed by atoms with Crippen molar-refractivity contribution in [1.29, 1.82) is 0 Å².